The maximum absolute atomic E-state index is 10.3. The monoisotopic (exact) mass is 198 g/mol. The topological polar surface area (TPSA) is 37.3 Å². The van der Waals surface area contributed by atoms with Gasteiger partial charge in [-0.15, -0.1) is 0 Å². The van der Waals surface area contributed by atoms with Crippen molar-refractivity contribution in [3.05, 3.63) is 0 Å². The summed E-state index contributed by atoms with van der Waals surface area (Å²) >= 11 is 11.9. The summed E-state index contributed by atoms with van der Waals surface area (Å²) in [5.74, 6) is -0.991. The average Bonchev–Trinajstić information content (AvgIpc) is 1.86. The van der Waals surface area contributed by atoms with E-state index in [9.17, 15) is 4.79 Å². The Bertz CT molecular complexity index is 135. The zero-order chi connectivity index (χ0) is 8.36. The average molecular weight is 198 g/mol. The highest BCUT2D eigenvalue weighted by molar-refractivity contribution is 8.02. The molecule has 0 aliphatic carbocycles. The molecule has 0 amide bonds. The largest absolute Gasteiger partial charge is 0.480 e. The van der Waals surface area contributed by atoms with Crippen molar-refractivity contribution in [3.8, 4) is 0 Å². The number of carboxylic acids is 1. The zero-order valence-electron chi connectivity index (χ0n) is 5.48. The molecule has 0 bridgehead atoms. The van der Waals surface area contributed by atoms with Gasteiger partial charge in [0.15, 0.2) is 0 Å². The molecule has 1 unspecified atom stereocenters. The lowest BCUT2D eigenvalue weighted by molar-refractivity contribution is -0.136. The summed E-state index contributed by atoms with van der Waals surface area (Å²) in [7, 11) is 0. The summed E-state index contributed by atoms with van der Waals surface area (Å²) < 4.78 is -0.824. The molecular formula is C5H10O2S3. The third-order valence-electron chi connectivity index (χ3n) is 1.19. The molecule has 0 saturated heterocycles. The number of carboxylic acid groups (broad SMARTS) is 1. The van der Waals surface area contributed by atoms with Crippen LogP contribution in [0.2, 0.25) is 0 Å². The fourth-order valence-corrected chi connectivity index (χ4v) is 0.795. The lowest BCUT2D eigenvalue weighted by atomic mass is 10.2. The number of aliphatic carboxylic acids is 1. The molecule has 2 nitrogen and oxygen atoms in total. The molecule has 0 aromatic rings. The molecule has 0 fully saturated rings. The normalized spacial score (nSPS) is 14.8. The Morgan fingerprint density at radius 3 is 2.20 bits per heavy atom. The van der Waals surface area contributed by atoms with Gasteiger partial charge in [0, 0.05) is 0 Å². The minimum absolute atomic E-state index is 0.555. The molecule has 10 heavy (non-hydrogen) atoms. The standard InChI is InChI=1S/C5H10O2S3/c1-2-5(9,10)3(8)4(6)7/h3,8-10H,2H2,1H3,(H,6,7). The van der Waals surface area contributed by atoms with Crippen LogP contribution < -0.4 is 0 Å². The van der Waals surface area contributed by atoms with Gasteiger partial charge in [0.2, 0.25) is 0 Å². The molecule has 0 aliphatic heterocycles. The molecule has 1 N–H and O–H groups in total. The predicted octanol–water partition coefficient (Wildman–Crippen LogP) is 1.34. The van der Waals surface area contributed by atoms with Crippen molar-refractivity contribution in [2.45, 2.75) is 22.7 Å². The first kappa shape index (κ1) is 10.5. The second-order valence-electron chi connectivity index (χ2n) is 1.97. The fourth-order valence-electron chi connectivity index (χ4n) is 0.391. The van der Waals surface area contributed by atoms with E-state index < -0.39 is 15.3 Å². The molecule has 5 heteroatoms. The SMILES string of the molecule is CCC(S)(S)C(S)C(=O)O. The van der Waals surface area contributed by atoms with Crippen LogP contribution in [0, 0.1) is 0 Å². The van der Waals surface area contributed by atoms with E-state index in [-0.39, 0.29) is 0 Å². The smallest absolute Gasteiger partial charge is 0.318 e. The molecule has 0 heterocycles. The van der Waals surface area contributed by atoms with Crippen molar-refractivity contribution in [1.82, 2.24) is 0 Å². The second kappa shape index (κ2) is 3.78. The lowest BCUT2D eigenvalue weighted by Gasteiger charge is -2.23. The first-order valence-corrected chi connectivity index (χ1v) is 4.18. The summed E-state index contributed by atoms with van der Waals surface area (Å²) in [6, 6.07) is 0. The van der Waals surface area contributed by atoms with Crippen molar-refractivity contribution in [2.24, 2.45) is 0 Å². The van der Waals surface area contributed by atoms with E-state index in [1.165, 1.54) is 0 Å². The molecule has 0 aromatic carbocycles. The number of carbonyl (C=O) groups is 1. The van der Waals surface area contributed by atoms with E-state index in [2.05, 4.69) is 37.9 Å². The van der Waals surface area contributed by atoms with Crippen LogP contribution in [0.1, 0.15) is 13.3 Å². The van der Waals surface area contributed by atoms with Crippen molar-refractivity contribution < 1.29 is 9.90 Å². The summed E-state index contributed by atoms with van der Waals surface area (Å²) in [4.78, 5) is 10.3. The Balaban J connectivity index is 4.17. The highest BCUT2D eigenvalue weighted by atomic mass is 32.2. The van der Waals surface area contributed by atoms with Crippen LogP contribution in [0.4, 0.5) is 0 Å². The van der Waals surface area contributed by atoms with Crippen LogP contribution in [-0.4, -0.2) is 20.4 Å². The number of hydrogen-bond acceptors (Lipinski definition) is 4. The first-order valence-electron chi connectivity index (χ1n) is 2.77. The predicted molar refractivity (Wildman–Crippen MR) is 51.4 cm³/mol. The zero-order valence-corrected chi connectivity index (χ0v) is 8.16. The number of hydrogen-bond donors (Lipinski definition) is 4. The summed E-state index contributed by atoms with van der Waals surface area (Å²) in [6.45, 7) is 1.81. The highest BCUT2D eigenvalue weighted by Gasteiger charge is 2.32. The van der Waals surface area contributed by atoms with Gasteiger partial charge in [-0.1, -0.05) is 6.92 Å². The van der Waals surface area contributed by atoms with E-state index >= 15 is 0 Å². The Morgan fingerprint density at radius 2 is 2.10 bits per heavy atom. The minimum Gasteiger partial charge on any atom is -0.480 e. The Kier molecular flexibility index (Phi) is 3.98. The van der Waals surface area contributed by atoms with Gasteiger partial charge in [0.1, 0.15) is 5.25 Å². The van der Waals surface area contributed by atoms with Gasteiger partial charge in [0.05, 0.1) is 4.08 Å². The maximum Gasteiger partial charge on any atom is 0.318 e. The number of rotatable bonds is 3. The van der Waals surface area contributed by atoms with E-state index in [1.54, 1.807) is 0 Å². The maximum atomic E-state index is 10.3. The fraction of sp³-hybridized carbons (Fsp3) is 0.800. The second-order valence-corrected chi connectivity index (χ2v) is 4.44. The van der Waals surface area contributed by atoms with Crippen LogP contribution in [0.25, 0.3) is 0 Å². The van der Waals surface area contributed by atoms with E-state index in [0.717, 1.165) is 0 Å². The van der Waals surface area contributed by atoms with Crippen molar-refractivity contribution in [1.29, 1.82) is 0 Å². The van der Waals surface area contributed by atoms with Crippen LogP contribution in [-0.2, 0) is 4.79 Å². The van der Waals surface area contributed by atoms with E-state index in [1.807, 2.05) is 6.92 Å². The molecule has 60 valence electrons. The van der Waals surface area contributed by atoms with Crippen LogP contribution in [0.15, 0.2) is 0 Å². The summed E-state index contributed by atoms with van der Waals surface area (Å²) in [6.07, 6.45) is 0.555. The van der Waals surface area contributed by atoms with Gasteiger partial charge in [-0.3, -0.25) is 4.79 Å². The van der Waals surface area contributed by atoms with Crippen LogP contribution >= 0.6 is 37.9 Å². The quantitative estimate of drug-likeness (QED) is 0.408. The third kappa shape index (κ3) is 2.64. The van der Waals surface area contributed by atoms with E-state index in [0.29, 0.717) is 6.42 Å². The van der Waals surface area contributed by atoms with Crippen LogP contribution in [0.3, 0.4) is 0 Å². The van der Waals surface area contributed by atoms with Gasteiger partial charge < -0.3 is 5.11 Å². The first-order chi connectivity index (χ1) is 4.41. The lowest BCUT2D eigenvalue weighted by Crippen LogP contribution is -2.33. The van der Waals surface area contributed by atoms with Gasteiger partial charge in [-0.05, 0) is 6.42 Å². The Morgan fingerprint density at radius 1 is 1.70 bits per heavy atom. The summed E-state index contributed by atoms with van der Waals surface area (Å²) in [5, 5.41) is 7.65. The van der Waals surface area contributed by atoms with Gasteiger partial charge in [-0.25, -0.2) is 0 Å². The Hall–Kier alpha value is 0.520. The van der Waals surface area contributed by atoms with Gasteiger partial charge in [-0.2, -0.15) is 37.9 Å². The molecular weight excluding hydrogens is 188 g/mol. The molecule has 1 atom stereocenters. The molecule has 0 radical (unpaired) electrons. The van der Waals surface area contributed by atoms with E-state index in [4.69, 9.17) is 5.11 Å². The molecule has 0 saturated carbocycles. The third-order valence-corrected chi connectivity index (χ3v) is 3.41. The van der Waals surface area contributed by atoms with Crippen LogP contribution in [0.5, 0.6) is 0 Å². The van der Waals surface area contributed by atoms with Crippen molar-refractivity contribution in [2.75, 3.05) is 0 Å². The molecule has 0 rings (SSSR count). The van der Waals surface area contributed by atoms with Gasteiger partial charge >= 0.3 is 5.97 Å². The van der Waals surface area contributed by atoms with Crippen molar-refractivity contribution >= 4 is 43.9 Å². The van der Waals surface area contributed by atoms with Gasteiger partial charge in [0.25, 0.3) is 0 Å². The number of thiol groups is 3. The molecule has 0 aromatic heterocycles. The highest BCUT2D eigenvalue weighted by Crippen LogP contribution is 2.31. The summed E-state index contributed by atoms with van der Waals surface area (Å²) in [5.41, 5.74) is 0. The Labute approximate surface area is 76.6 Å². The van der Waals surface area contributed by atoms with Crippen molar-refractivity contribution in [3.63, 3.8) is 0 Å². The molecule has 0 spiro atoms. The molecule has 0 aliphatic rings. The minimum atomic E-state index is -0.991.